The van der Waals surface area contributed by atoms with E-state index in [4.69, 9.17) is 0 Å². The Bertz CT molecular complexity index is 164. The Morgan fingerprint density at radius 2 is 1.11 bits per heavy atom. The first kappa shape index (κ1) is 16.5. The van der Waals surface area contributed by atoms with Gasteiger partial charge in [-0.25, -0.2) is 0 Å². The summed E-state index contributed by atoms with van der Waals surface area (Å²) >= 11 is 3.49. The van der Waals surface area contributed by atoms with E-state index in [9.17, 15) is 0 Å². The molecule has 0 aromatic rings. The van der Waals surface area contributed by atoms with Crippen LogP contribution in [-0.2, 0) is 0 Å². The molecule has 0 saturated carbocycles. The molecule has 1 saturated heterocycles. The van der Waals surface area contributed by atoms with E-state index in [0.717, 1.165) is 0 Å². The van der Waals surface area contributed by atoms with Crippen LogP contribution in [0.2, 0.25) is 0 Å². The molecular weight excluding hydrogens is 286 g/mol. The summed E-state index contributed by atoms with van der Waals surface area (Å²) in [6, 6.07) is 0. The number of nitrogens with zero attached hydrogens (tertiary/aromatic N) is 1. The minimum absolute atomic E-state index is 1.18. The van der Waals surface area contributed by atoms with Crippen molar-refractivity contribution in [1.82, 2.24) is 4.90 Å². The molecule has 0 radical (unpaired) electrons. The summed E-state index contributed by atoms with van der Waals surface area (Å²) in [7, 11) is 0. The van der Waals surface area contributed by atoms with Gasteiger partial charge in [0, 0.05) is 5.33 Å². The standard InChI is InChI=1S/C16H32BrN/c17-13-9-5-2-1-3-6-10-14-18-15-11-7-4-8-12-16-18/h1-16H2. The molecule has 18 heavy (non-hydrogen) atoms. The fraction of sp³-hybridized carbons (Fsp3) is 1.00. The summed E-state index contributed by atoms with van der Waals surface area (Å²) < 4.78 is 0. The Kier molecular flexibility index (Phi) is 11.4. The van der Waals surface area contributed by atoms with Crippen molar-refractivity contribution in [2.75, 3.05) is 25.0 Å². The van der Waals surface area contributed by atoms with E-state index in [-0.39, 0.29) is 0 Å². The molecule has 1 rings (SSSR count). The molecule has 108 valence electrons. The molecule has 1 aliphatic rings. The highest BCUT2D eigenvalue weighted by atomic mass is 79.9. The van der Waals surface area contributed by atoms with Gasteiger partial charge in [-0.15, -0.1) is 0 Å². The van der Waals surface area contributed by atoms with Gasteiger partial charge in [-0.05, 0) is 45.3 Å². The monoisotopic (exact) mass is 317 g/mol. The SMILES string of the molecule is BrCCCCCCCCCN1CCCCCCC1. The van der Waals surface area contributed by atoms with Gasteiger partial charge in [-0.3, -0.25) is 0 Å². The average Bonchev–Trinajstić information content (AvgIpc) is 2.34. The second kappa shape index (κ2) is 12.5. The molecule has 0 aliphatic carbocycles. The third-order valence-corrected chi connectivity index (χ3v) is 4.62. The fourth-order valence-electron chi connectivity index (χ4n) is 2.85. The van der Waals surface area contributed by atoms with Gasteiger partial charge < -0.3 is 4.90 Å². The predicted octanol–water partition coefficient (Wildman–Crippen LogP) is 5.38. The van der Waals surface area contributed by atoms with Gasteiger partial charge in [-0.2, -0.15) is 0 Å². The molecule has 1 heterocycles. The second-order valence-corrected chi connectivity index (χ2v) is 6.57. The van der Waals surface area contributed by atoms with Crippen LogP contribution in [0.3, 0.4) is 0 Å². The van der Waals surface area contributed by atoms with E-state index < -0.39 is 0 Å². The van der Waals surface area contributed by atoms with Crippen molar-refractivity contribution in [2.24, 2.45) is 0 Å². The molecule has 0 N–H and O–H groups in total. The Morgan fingerprint density at radius 3 is 1.72 bits per heavy atom. The third-order valence-electron chi connectivity index (χ3n) is 4.06. The first-order valence-electron chi connectivity index (χ1n) is 8.22. The number of unbranched alkanes of at least 4 members (excludes halogenated alkanes) is 6. The fourth-order valence-corrected chi connectivity index (χ4v) is 3.25. The lowest BCUT2D eigenvalue weighted by Gasteiger charge is -2.24. The number of rotatable bonds is 9. The quantitative estimate of drug-likeness (QED) is 0.407. The summed E-state index contributed by atoms with van der Waals surface area (Å²) in [5.74, 6) is 0. The zero-order valence-corrected chi connectivity index (χ0v) is 13.7. The van der Waals surface area contributed by atoms with E-state index in [1.807, 2.05) is 0 Å². The number of halogens is 1. The van der Waals surface area contributed by atoms with Crippen LogP contribution in [0.25, 0.3) is 0 Å². The molecule has 0 atom stereocenters. The van der Waals surface area contributed by atoms with Crippen LogP contribution in [0.5, 0.6) is 0 Å². The highest BCUT2D eigenvalue weighted by molar-refractivity contribution is 9.09. The Balaban J connectivity index is 1.86. The highest BCUT2D eigenvalue weighted by Crippen LogP contribution is 2.12. The largest absolute Gasteiger partial charge is 0.303 e. The second-order valence-electron chi connectivity index (χ2n) is 5.77. The zero-order chi connectivity index (χ0) is 12.9. The predicted molar refractivity (Wildman–Crippen MR) is 85.6 cm³/mol. The van der Waals surface area contributed by atoms with Crippen molar-refractivity contribution in [3.63, 3.8) is 0 Å². The number of likely N-dealkylation sites (tertiary alicyclic amines) is 1. The molecule has 1 aliphatic heterocycles. The summed E-state index contributed by atoms with van der Waals surface area (Å²) in [4.78, 5) is 2.71. The first-order valence-corrected chi connectivity index (χ1v) is 9.34. The van der Waals surface area contributed by atoms with Gasteiger partial charge in [0.2, 0.25) is 0 Å². The minimum Gasteiger partial charge on any atom is -0.303 e. The van der Waals surface area contributed by atoms with Crippen molar-refractivity contribution in [1.29, 1.82) is 0 Å². The van der Waals surface area contributed by atoms with E-state index in [0.29, 0.717) is 0 Å². The van der Waals surface area contributed by atoms with Crippen molar-refractivity contribution in [2.45, 2.75) is 77.0 Å². The third kappa shape index (κ3) is 9.38. The van der Waals surface area contributed by atoms with E-state index >= 15 is 0 Å². The maximum absolute atomic E-state index is 3.49. The molecular formula is C16H32BrN. The normalized spacial score (nSPS) is 18.5. The van der Waals surface area contributed by atoms with Crippen LogP contribution in [0, 0.1) is 0 Å². The van der Waals surface area contributed by atoms with Gasteiger partial charge in [0.1, 0.15) is 0 Å². The molecule has 0 aromatic heterocycles. The average molecular weight is 318 g/mol. The molecule has 2 heteroatoms. The van der Waals surface area contributed by atoms with Crippen LogP contribution in [0.1, 0.15) is 77.0 Å². The zero-order valence-electron chi connectivity index (χ0n) is 12.1. The molecule has 0 unspecified atom stereocenters. The lowest BCUT2D eigenvalue weighted by Crippen LogP contribution is -2.28. The van der Waals surface area contributed by atoms with E-state index in [1.54, 1.807) is 0 Å². The summed E-state index contributed by atoms with van der Waals surface area (Å²) in [6.07, 6.45) is 17.3. The van der Waals surface area contributed by atoms with Crippen LogP contribution < -0.4 is 0 Å². The number of hydrogen-bond acceptors (Lipinski definition) is 1. The van der Waals surface area contributed by atoms with Crippen LogP contribution in [0.15, 0.2) is 0 Å². The van der Waals surface area contributed by atoms with Crippen molar-refractivity contribution in [3.8, 4) is 0 Å². The van der Waals surface area contributed by atoms with Gasteiger partial charge >= 0.3 is 0 Å². The maximum Gasteiger partial charge on any atom is 0.00313 e. The van der Waals surface area contributed by atoms with Gasteiger partial charge in [0.15, 0.2) is 0 Å². The van der Waals surface area contributed by atoms with Gasteiger partial charge in [0.05, 0.1) is 0 Å². The molecule has 0 bridgehead atoms. The van der Waals surface area contributed by atoms with Gasteiger partial charge in [-0.1, -0.05) is 67.3 Å². The van der Waals surface area contributed by atoms with E-state index in [2.05, 4.69) is 20.8 Å². The molecule has 0 spiro atoms. The molecule has 1 fully saturated rings. The summed E-state index contributed by atoms with van der Waals surface area (Å²) in [5.41, 5.74) is 0. The Hall–Kier alpha value is 0.440. The lowest BCUT2D eigenvalue weighted by molar-refractivity contribution is 0.242. The molecule has 0 aromatic carbocycles. The molecule has 1 nitrogen and oxygen atoms in total. The smallest absolute Gasteiger partial charge is 0.00313 e. The Labute approximate surface area is 123 Å². The minimum atomic E-state index is 1.18. The Morgan fingerprint density at radius 1 is 0.611 bits per heavy atom. The van der Waals surface area contributed by atoms with Crippen LogP contribution >= 0.6 is 15.9 Å². The van der Waals surface area contributed by atoms with Crippen molar-refractivity contribution < 1.29 is 0 Å². The van der Waals surface area contributed by atoms with Crippen molar-refractivity contribution >= 4 is 15.9 Å². The lowest BCUT2D eigenvalue weighted by atomic mass is 10.1. The van der Waals surface area contributed by atoms with Crippen LogP contribution in [0.4, 0.5) is 0 Å². The topological polar surface area (TPSA) is 3.24 Å². The van der Waals surface area contributed by atoms with Crippen LogP contribution in [-0.4, -0.2) is 29.9 Å². The highest BCUT2D eigenvalue weighted by Gasteiger charge is 2.06. The number of hydrogen-bond donors (Lipinski definition) is 0. The summed E-state index contributed by atoms with van der Waals surface area (Å²) in [6.45, 7) is 4.10. The summed E-state index contributed by atoms with van der Waals surface area (Å²) in [5, 5.41) is 1.18. The number of alkyl halides is 1. The van der Waals surface area contributed by atoms with Gasteiger partial charge in [0.25, 0.3) is 0 Å². The maximum atomic E-state index is 3.49. The van der Waals surface area contributed by atoms with Crippen molar-refractivity contribution in [3.05, 3.63) is 0 Å². The molecule has 0 amide bonds. The first-order chi connectivity index (χ1) is 8.93. The van der Waals surface area contributed by atoms with E-state index in [1.165, 1.54) is 102 Å².